The summed E-state index contributed by atoms with van der Waals surface area (Å²) in [4.78, 5) is 15.9. The van der Waals surface area contributed by atoms with Crippen molar-refractivity contribution in [3.05, 3.63) is 22.0 Å². The van der Waals surface area contributed by atoms with Crippen LogP contribution in [-0.4, -0.2) is 27.6 Å². The minimum Gasteiger partial charge on any atom is -0.408 e. The molecule has 0 aromatic carbocycles. The molecular formula is C9H11N5O2S. The van der Waals surface area contributed by atoms with E-state index >= 15 is 0 Å². The van der Waals surface area contributed by atoms with Gasteiger partial charge in [-0.05, 0) is 6.54 Å². The van der Waals surface area contributed by atoms with Crippen LogP contribution in [0.1, 0.15) is 21.4 Å². The van der Waals surface area contributed by atoms with E-state index in [-0.39, 0.29) is 11.9 Å². The van der Waals surface area contributed by atoms with Crippen molar-refractivity contribution in [3.63, 3.8) is 0 Å². The number of rotatable bonds is 4. The summed E-state index contributed by atoms with van der Waals surface area (Å²) < 4.78 is 5.03. The number of nitrogens with zero attached hydrogens (tertiary/aromatic N) is 3. The van der Waals surface area contributed by atoms with Crippen LogP contribution in [0.2, 0.25) is 0 Å². The zero-order valence-corrected chi connectivity index (χ0v) is 9.95. The second-order valence-electron chi connectivity index (χ2n) is 3.25. The third-order valence-corrected chi connectivity index (χ3v) is 2.80. The molecule has 2 aromatic rings. The molecule has 0 bridgehead atoms. The van der Waals surface area contributed by atoms with Gasteiger partial charge in [0.1, 0.15) is 5.69 Å². The average Bonchev–Trinajstić information content (AvgIpc) is 2.88. The maximum absolute atomic E-state index is 11.7. The van der Waals surface area contributed by atoms with Gasteiger partial charge in [0.2, 0.25) is 5.89 Å². The Morgan fingerprint density at radius 3 is 3.06 bits per heavy atom. The molecule has 0 radical (unpaired) electrons. The van der Waals surface area contributed by atoms with Crippen LogP contribution in [0.15, 0.2) is 9.80 Å². The van der Waals surface area contributed by atoms with Crippen LogP contribution in [0.3, 0.4) is 0 Å². The highest BCUT2D eigenvalue weighted by Crippen LogP contribution is 2.12. The Labute approximate surface area is 101 Å². The zero-order chi connectivity index (χ0) is 12.3. The third-order valence-electron chi connectivity index (χ3n) is 1.89. The van der Waals surface area contributed by atoms with Crippen LogP contribution in [0.25, 0.3) is 0 Å². The van der Waals surface area contributed by atoms with Crippen LogP contribution in [0, 0.1) is 6.92 Å². The average molecular weight is 253 g/mol. The van der Waals surface area contributed by atoms with Crippen molar-refractivity contribution in [2.24, 2.45) is 5.73 Å². The van der Waals surface area contributed by atoms with E-state index in [0.717, 1.165) is 5.01 Å². The first-order valence-electron chi connectivity index (χ1n) is 4.95. The molecule has 8 heteroatoms. The lowest BCUT2D eigenvalue weighted by molar-refractivity contribution is 0.102. The number of aryl methyl sites for hydroxylation is 1. The van der Waals surface area contributed by atoms with Crippen LogP contribution >= 0.6 is 11.3 Å². The van der Waals surface area contributed by atoms with Gasteiger partial charge in [0.05, 0.1) is 5.01 Å². The first kappa shape index (κ1) is 11.7. The number of amides is 1. The van der Waals surface area contributed by atoms with E-state index in [1.165, 1.54) is 11.3 Å². The van der Waals surface area contributed by atoms with Gasteiger partial charge in [-0.3, -0.25) is 10.1 Å². The summed E-state index contributed by atoms with van der Waals surface area (Å²) in [6.45, 7) is 2.16. The molecule has 0 unspecified atom stereocenters. The van der Waals surface area contributed by atoms with Gasteiger partial charge in [0.25, 0.3) is 5.91 Å². The van der Waals surface area contributed by atoms with Crippen LogP contribution in [0.4, 0.5) is 6.01 Å². The topological polar surface area (TPSA) is 107 Å². The second-order valence-corrected chi connectivity index (χ2v) is 4.19. The monoisotopic (exact) mass is 253 g/mol. The molecule has 17 heavy (non-hydrogen) atoms. The Hall–Kier alpha value is -1.80. The van der Waals surface area contributed by atoms with Crippen molar-refractivity contribution in [3.8, 4) is 0 Å². The Balaban J connectivity index is 2.03. The standard InChI is InChI=1S/C9H11N5O2S/c1-5-13-14-9(16-5)12-8(15)6-4-17-7(11-6)2-3-10/h4H,2-3,10H2,1H3,(H,12,14,15). The van der Waals surface area contributed by atoms with Gasteiger partial charge in [0, 0.05) is 18.7 Å². The lowest BCUT2D eigenvalue weighted by atomic mass is 10.4. The normalized spacial score (nSPS) is 10.5. The molecule has 0 spiro atoms. The highest BCUT2D eigenvalue weighted by Gasteiger charge is 2.13. The number of hydrogen-bond acceptors (Lipinski definition) is 7. The van der Waals surface area contributed by atoms with Crippen LogP contribution < -0.4 is 11.1 Å². The summed E-state index contributed by atoms with van der Waals surface area (Å²) in [5, 5.41) is 12.2. The second kappa shape index (κ2) is 5.02. The van der Waals surface area contributed by atoms with Crippen molar-refractivity contribution in [2.75, 3.05) is 11.9 Å². The minimum atomic E-state index is -0.367. The van der Waals surface area contributed by atoms with Gasteiger partial charge in [0.15, 0.2) is 0 Å². The van der Waals surface area contributed by atoms with E-state index in [1.54, 1.807) is 12.3 Å². The summed E-state index contributed by atoms with van der Waals surface area (Å²) in [6.07, 6.45) is 0.664. The summed E-state index contributed by atoms with van der Waals surface area (Å²) >= 11 is 1.40. The zero-order valence-electron chi connectivity index (χ0n) is 9.14. The van der Waals surface area contributed by atoms with Crippen molar-refractivity contribution < 1.29 is 9.21 Å². The Morgan fingerprint density at radius 1 is 1.59 bits per heavy atom. The number of carbonyl (C=O) groups excluding carboxylic acids is 1. The Kier molecular flexibility index (Phi) is 3.45. The predicted molar refractivity (Wildman–Crippen MR) is 61.9 cm³/mol. The van der Waals surface area contributed by atoms with E-state index in [1.807, 2.05) is 0 Å². The van der Waals surface area contributed by atoms with Crippen LogP contribution in [0.5, 0.6) is 0 Å². The van der Waals surface area contributed by atoms with Gasteiger partial charge in [-0.15, -0.1) is 16.4 Å². The van der Waals surface area contributed by atoms with Gasteiger partial charge in [-0.25, -0.2) is 4.98 Å². The molecule has 0 aliphatic rings. The summed E-state index contributed by atoms with van der Waals surface area (Å²) in [6, 6.07) is 0.0703. The predicted octanol–water partition coefficient (Wildman–Crippen LogP) is 0.588. The number of nitrogens with one attached hydrogen (secondary N) is 1. The Morgan fingerprint density at radius 2 is 2.41 bits per heavy atom. The first-order valence-corrected chi connectivity index (χ1v) is 5.83. The molecule has 1 amide bonds. The SMILES string of the molecule is Cc1nnc(NC(=O)c2csc(CCN)n2)o1. The van der Waals surface area contributed by atoms with Crippen molar-refractivity contribution in [1.29, 1.82) is 0 Å². The molecule has 2 heterocycles. The molecule has 2 aromatic heterocycles. The highest BCUT2D eigenvalue weighted by atomic mass is 32.1. The van der Waals surface area contributed by atoms with Crippen molar-refractivity contribution >= 4 is 23.3 Å². The first-order chi connectivity index (χ1) is 8.19. The Bertz CT molecular complexity index is 521. The number of thiazole rings is 1. The van der Waals surface area contributed by atoms with Crippen molar-refractivity contribution in [1.82, 2.24) is 15.2 Å². The maximum atomic E-state index is 11.7. The summed E-state index contributed by atoms with van der Waals surface area (Å²) in [5.41, 5.74) is 5.73. The molecule has 0 atom stereocenters. The lowest BCUT2D eigenvalue weighted by Gasteiger charge is -1.95. The van der Waals surface area contributed by atoms with E-state index in [2.05, 4.69) is 20.5 Å². The summed E-state index contributed by atoms with van der Waals surface area (Å²) in [7, 11) is 0. The maximum Gasteiger partial charge on any atom is 0.322 e. The van der Waals surface area contributed by atoms with E-state index in [4.69, 9.17) is 10.2 Å². The number of carbonyl (C=O) groups is 1. The molecule has 0 aliphatic heterocycles. The molecule has 0 fully saturated rings. The molecule has 0 saturated carbocycles. The fourth-order valence-electron chi connectivity index (χ4n) is 1.16. The fourth-order valence-corrected chi connectivity index (χ4v) is 1.96. The lowest BCUT2D eigenvalue weighted by Crippen LogP contribution is -2.13. The van der Waals surface area contributed by atoms with Gasteiger partial charge in [-0.1, -0.05) is 5.10 Å². The molecule has 3 N–H and O–H groups in total. The number of nitrogens with two attached hydrogens (primary N) is 1. The van der Waals surface area contributed by atoms with Gasteiger partial charge >= 0.3 is 6.01 Å². The number of hydrogen-bond donors (Lipinski definition) is 2. The number of anilines is 1. The van der Waals surface area contributed by atoms with E-state index in [9.17, 15) is 4.79 Å². The van der Waals surface area contributed by atoms with Gasteiger partial charge < -0.3 is 10.2 Å². The minimum absolute atomic E-state index is 0.0703. The molecule has 90 valence electrons. The molecule has 0 saturated heterocycles. The van der Waals surface area contributed by atoms with Crippen LogP contribution in [-0.2, 0) is 6.42 Å². The highest BCUT2D eigenvalue weighted by molar-refractivity contribution is 7.09. The molecule has 0 aliphatic carbocycles. The molecular weight excluding hydrogens is 242 g/mol. The molecule has 2 rings (SSSR count). The number of aromatic nitrogens is 3. The molecule has 7 nitrogen and oxygen atoms in total. The third kappa shape index (κ3) is 2.86. The largest absolute Gasteiger partial charge is 0.408 e. The van der Waals surface area contributed by atoms with Crippen molar-refractivity contribution in [2.45, 2.75) is 13.3 Å². The van der Waals surface area contributed by atoms with E-state index < -0.39 is 0 Å². The smallest absolute Gasteiger partial charge is 0.322 e. The van der Waals surface area contributed by atoms with Gasteiger partial charge in [-0.2, -0.15) is 0 Å². The summed E-state index contributed by atoms with van der Waals surface area (Å²) in [5.74, 6) is 0.0237. The van der Waals surface area contributed by atoms with E-state index in [0.29, 0.717) is 24.6 Å². The quantitative estimate of drug-likeness (QED) is 0.825. The fraction of sp³-hybridized carbons (Fsp3) is 0.333.